The summed E-state index contributed by atoms with van der Waals surface area (Å²) in [6.45, 7) is 1.57. The minimum Gasteiger partial charge on any atom is -0.450 e. The lowest BCUT2D eigenvalue weighted by atomic mass is 10.3. The van der Waals surface area contributed by atoms with Gasteiger partial charge in [-0.1, -0.05) is 22.8 Å². The molecule has 0 spiro atoms. The van der Waals surface area contributed by atoms with Crippen molar-refractivity contribution in [2.45, 2.75) is 13.0 Å². The van der Waals surface area contributed by atoms with Crippen LogP contribution in [-0.2, 0) is 4.79 Å². The molecule has 0 bridgehead atoms. The summed E-state index contributed by atoms with van der Waals surface area (Å²) < 4.78 is 20.1. The first kappa shape index (κ1) is 15.2. The molecule has 0 unspecified atom stereocenters. The fourth-order valence-electron chi connectivity index (χ4n) is 1.94. The first-order valence-corrected chi connectivity index (χ1v) is 7.15. The summed E-state index contributed by atoms with van der Waals surface area (Å²) in [5.74, 6) is -0.918. The molecule has 0 aliphatic heterocycles. The van der Waals surface area contributed by atoms with E-state index in [2.05, 4.69) is 15.5 Å². The molecule has 1 amide bonds. The first-order valence-electron chi connectivity index (χ1n) is 6.77. The molecule has 0 fully saturated rings. The number of rotatable bonds is 4. The van der Waals surface area contributed by atoms with Gasteiger partial charge in [-0.2, -0.15) is 0 Å². The van der Waals surface area contributed by atoms with Gasteiger partial charge in [-0.3, -0.25) is 9.20 Å². The van der Waals surface area contributed by atoms with E-state index in [1.165, 1.54) is 12.1 Å². The van der Waals surface area contributed by atoms with Crippen LogP contribution in [0.3, 0.4) is 0 Å². The largest absolute Gasteiger partial charge is 0.450 e. The van der Waals surface area contributed by atoms with Crippen molar-refractivity contribution >= 4 is 28.8 Å². The average molecular weight is 335 g/mol. The van der Waals surface area contributed by atoms with E-state index in [1.807, 2.05) is 6.07 Å². The van der Waals surface area contributed by atoms with Crippen LogP contribution in [-0.4, -0.2) is 26.6 Å². The molecule has 1 atom stereocenters. The number of aromatic nitrogens is 3. The van der Waals surface area contributed by atoms with E-state index in [9.17, 15) is 9.18 Å². The molecule has 3 rings (SSSR count). The third kappa shape index (κ3) is 3.24. The summed E-state index contributed by atoms with van der Waals surface area (Å²) in [6.07, 6.45) is 0.885. The minimum atomic E-state index is -0.844. The molecule has 0 radical (unpaired) electrons. The summed E-state index contributed by atoms with van der Waals surface area (Å²) >= 11 is 5.88. The highest BCUT2D eigenvalue weighted by atomic mass is 35.5. The predicted molar refractivity (Wildman–Crippen MR) is 83.1 cm³/mol. The van der Waals surface area contributed by atoms with Crippen molar-refractivity contribution in [3.05, 3.63) is 53.4 Å². The standard InChI is InChI=1S/C15H12ClFN4O2/c1-9(14(22)18-12-6-5-10(17)8-11(12)16)23-15-20-19-13-4-2-3-7-21(13)15/h2-9H,1H3,(H,18,22)/t9-/m1/s1. The van der Waals surface area contributed by atoms with Crippen molar-refractivity contribution in [1.29, 1.82) is 0 Å². The summed E-state index contributed by atoms with van der Waals surface area (Å²) in [5, 5.41) is 10.5. The fourth-order valence-corrected chi connectivity index (χ4v) is 2.15. The van der Waals surface area contributed by atoms with Crippen molar-refractivity contribution in [1.82, 2.24) is 14.6 Å². The third-order valence-corrected chi connectivity index (χ3v) is 3.44. The molecule has 8 heteroatoms. The van der Waals surface area contributed by atoms with Gasteiger partial charge in [0.15, 0.2) is 11.8 Å². The van der Waals surface area contributed by atoms with Gasteiger partial charge in [0.2, 0.25) is 0 Å². The Morgan fingerprint density at radius 3 is 2.96 bits per heavy atom. The number of amides is 1. The number of pyridine rings is 1. The molecule has 0 saturated carbocycles. The number of hydrogen-bond acceptors (Lipinski definition) is 4. The summed E-state index contributed by atoms with van der Waals surface area (Å²) in [6, 6.07) is 9.30. The van der Waals surface area contributed by atoms with E-state index < -0.39 is 17.8 Å². The van der Waals surface area contributed by atoms with E-state index in [4.69, 9.17) is 16.3 Å². The minimum absolute atomic E-state index is 0.110. The van der Waals surface area contributed by atoms with Crippen LogP contribution in [0.2, 0.25) is 5.02 Å². The van der Waals surface area contributed by atoms with E-state index in [1.54, 1.807) is 29.7 Å². The maximum atomic E-state index is 13.0. The number of hydrogen-bond donors (Lipinski definition) is 1. The maximum Gasteiger partial charge on any atom is 0.322 e. The van der Waals surface area contributed by atoms with Gasteiger partial charge < -0.3 is 10.1 Å². The number of halogens is 2. The molecule has 2 heterocycles. The lowest BCUT2D eigenvalue weighted by Crippen LogP contribution is -2.30. The van der Waals surface area contributed by atoms with Crippen LogP contribution in [0.4, 0.5) is 10.1 Å². The van der Waals surface area contributed by atoms with Crippen LogP contribution in [0.5, 0.6) is 6.01 Å². The predicted octanol–water partition coefficient (Wildman–Crippen LogP) is 2.93. The Bertz CT molecular complexity index is 868. The molecular formula is C15H12ClFN4O2. The Morgan fingerprint density at radius 2 is 2.17 bits per heavy atom. The van der Waals surface area contributed by atoms with Crippen LogP contribution in [0.15, 0.2) is 42.6 Å². The van der Waals surface area contributed by atoms with E-state index in [0.29, 0.717) is 11.3 Å². The highest BCUT2D eigenvalue weighted by molar-refractivity contribution is 6.33. The van der Waals surface area contributed by atoms with Crippen molar-refractivity contribution in [3.63, 3.8) is 0 Å². The molecule has 2 aromatic heterocycles. The van der Waals surface area contributed by atoms with Crippen LogP contribution in [0.25, 0.3) is 5.65 Å². The molecule has 23 heavy (non-hydrogen) atoms. The molecule has 3 aromatic rings. The molecule has 118 valence electrons. The Balaban J connectivity index is 1.72. The van der Waals surface area contributed by atoms with Crippen molar-refractivity contribution in [2.75, 3.05) is 5.32 Å². The topological polar surface area (TPSA) is 68.5 Å². The van der Waals surface area contributed by atoms with Gasteiger partial charge in [-0.05, 0) is 37.3 Å². The molecule has 1 aromatic carbocycles. The highest BCUT2D eigenvalue weighted by Gasteiger charge is 2.19. The third-order valence-electron chi connectivity index (χ3n) is 3.12. The van der Waals surface area contributed by atoms with Gasteiger partial charge in [0.05, 0.1) is 10.7 Å². The number of carbonyl (C=O) groups excluding carboxylic acids is 1. The van der Waals surface area contributed by atoms with Gasteiger partial charge in [-0.25, -0.2) is 4.39 Å². The monoisotopic (exact) mass is 334 g/mol. The summed E-state index contributed by atoms with van der Waals surface area (Å²) in [7, 11) is 0. The van der Waals surface area contributed by atoms with Gasteiger partial charge in [0, 0.05) is 6.20 Å². The lowest BCUT2D eigenvalue weighted by molar-refractivity contribution is -0.122. The molecule has 0 aliphatic carbocycles. The van der Waals surface area contributed by atoms with Gasteiger partial charge in [-0.15, -0.1) is 5.10 Å². The van der Waals surface area contributed by atoms with Crippen LogP contribution >= 0.6 is 11.6 Å². The number of carbonyl (C=O) groups is 1. The number of anilines is 1. The first-order chi connectivity index (χ1) is 11.0. The second-order valence-electron chi connectivity index (χ2n) is 4.78. The quantitative estimate of drug-likeness (QED) is 0.796. The number of benzene rings is 1. The van der Waals surface area contributed by atoms with Crippen LogP contribution in [0.1, 0.15) is 6.92 Å². The Hall–Kier alpha value is -2.67. The normalized spacial score (nSPS) is 12.1. The molecule has 0 saturated heterocycles. The van der Waals surface area contributed by atoms with Crippen molar-refractivity contribution < 1.29 is 13.9 Å². The maximum absolute atomic E-state index is 13.0. The number of nitrogens with one attached hydrogen (secondary N) is 1. The van der Waals surface area contributed by atoms with Crippen molar-refractivity contribution in [3.8, 4) is 6.01 Å². The Labute approximate surface area is 135 Å². The fraction of sp³-hybridized carbons (Fsp3) is 0.133. The molecule has 6 nitrogen and oxygen atoms in total. The van der Waals surface area contributed by atoms with E-state index >= 15 is 0 Å². The number of ether oxygens (including phenoxy) is 1. The second kappa shape index (κ2) is 6.21. The Kier molecular flexibility index (Phi) is 4.12. The number of fused-ring (bicyclic) bond motifs is 1. The summed E-state index contributed by atoms with van der Waals surface area (Å²) in [4.78, 5) is 12.2. The van der Waals surface area contributed by atoms with Gasteiger partial charge in [0.25, 0.3) is 5.91 Å². The summed E-state index contributed by atoms with van der Waals surface area (Å²) in [5.41, 5.74) is 0.913. The zero-order chi connectivity index (χ0) is 16.4. The molecule has 1 N–H and O–H groups in total. The molecule has 0 aliphatic rings. The Morgan fingerprint density at radius 1 is 1.35 bits per heavy atom. The zero-order valence-electron chi connectivity index (χ0n) is 12.0. The van der Waals surface area contributed by atoms with Gasteiger partial charge >= 0.3 is 6.01 Å². The van der Waals surface area contributed by atoms with E-state index in [-0.39, 0.29) is 11.0 Å². The highest BCUT2D eigenvalue weighted by Crippen LogP contribution is 2.22. The second-order valence-corrected chi connectivity index (χ2v) is 5.19. The van der Waals surface area contributed by atoms with E-state index in [0.717, 1.165) is 6.07 Å². The molecular weight excluding hydrogens is 323 g/mol. The number of nitrogens with zero attached hydrogens (tertiary/aromatic N) is 3. The van der Waals surface area contributed by atoms with Crippen molar-refractivity contribution in [2.24, 2.45) is 0 Å². The van der Waals surface area contributed by atoms with Crippen LogP contribution in [0, 0.1) is 5.82 Å². The van der Waals surface area contributed by atoms with Crippen LogP contribution < -0.4 is 10.1 Å². The average Bonchev–Trinajstić information content (AvgIpc) is 2.93. The SMILES string of the molecule is C[C@@H](Oc1nnc2ccccn12)C(=O)Nc1ccc(F)cc1Cl. The lowest BCUT2D eigenvalue weighted by Gasteiger charge is -2.13. The smallest absolute Gasteiger partial charge is 0.322 e. The zero-order valence-corrected chi connectivity index (χ0v) is 12.8. The van der Waals surface area contributed by atoms with Gasteiger partial charge in [0.1, 0.15) is 5.82 Å².